The summed E-state index contributed by atoms with van der Waals surface area (Å²) in [6.45, 7) is 3.92. The molecule has 4 rings (SSSR count). The molecule has 0 radical (unpaired) electrons. The van der Waals surface area contributed by atoms with Crippen molar-refractivity contribution in [1.29, 1.82) is 0 Å². The maximum Gasteiger partial charge on any atom is 0.251 e. The fourth-order valence-corrected chi connectivity index (χ4v) is 2.67. The molecule has 0 unspecified atom stereocenters. The van der Waals surface area contributed by atoms with Crippen molar-refractivity contribution in [3.8, 4) is 22.8 Å². The van der Waals surface area contributed by atoms with Gasteiger partial charge in [-0.2, -0.15) is 4.80 Å². The van der Waals surface area contributed by atoms with Crippen LogP contribution in [0.3, 0.4) is 0 Å². The molecule has 0 atom stereocenters. The summed E-state index contributed by atoms with van der Waals surface area (Å²) in [7, 11) is 0. The van der Waals surface area contributed by atoms with Gasteiger partial charge in [-0.3, -0.25) is 0 Å². The minimum Gasteiger partial charge on any atom is -0.466 e. The summed E-state index contributed by atoms with van der Waals surface area (Å²) in [6, 6.07) is 9.17. The molecule has 0 saturated heterocycles. The highest BCUT2D eigenvalue weighted by molar-refractivity contribution is 6.33. The Morgan fingerprint density at radius 3 is 2.64 bits per heavy atom. The first-order valence-corrected chi connectivity index (χ1v) is 7.90. The van der Waals surface area contributed by atoms with Crippen molar-refractivity contribution in [2.45, 2.75) is 20.4 Å². The molecule has 0 aliphatic carbocycles. The van der Waals surface area contributed by atoms with E-state index in [1.54, 1.807) is 6.07 Å². The second-order valence-corrected chi connectivity index (χ2v) is 5.86. The molecular weight excluding hydrogens is 344 g/mol. The third-order valence-corrected chi connectivity index (χ3v) is 3.91. The average molecular weight is 357 g/mol. The Bertz CT molecular complexity index is 1030. The first-order chi connectivity index (χ1) is 12.1. The molecule has 0 N–H and O–H groups in total. The number of aryl methyl sites for hydroxylation is 2. The number of hydrogen-bond donors (Lipinski definition) is 0. The molecule has 3 aromatic heterocycles. The predicted molar refractivity (Wildman–Crippen MR) is 88.8 cm³/mol. The van der Waals surface area contributed by atoms with E-state index < -0.39 is 0 Å². The smallest absolute Gasteiger partial charge is 0.251 e. The second-order valence-electron chi connectivity index (χ2n) is 5.45. The quantitative estimate of drug-likeness (QED) is 0.553. The summed E-state index contributed by atoms with van der Waals surface area (Å²) in [5.74, 6) is 2.72. The molecule has 3 heterocycles. The third-order valence-electron chi connectivity index (χ3n) is 3.58. The van der Waals surface area contributed by atoms with E-state index in [9.17, 15) is 0 Å². The van der Waals surface area contributed by atoms with Gasteiger partial charge in [-0.15, -0.1) is 20.4 Å². The molecule has 0 fully saturated rings. The lowest BCUT2D eigenvalue weighted by Crippen LogP contribution is -2.04. The van der Waals surface area contributed by atoms with Crippen molar-refractivity contribution in [2.75, 3.05) is 0 Å². The van der Waals surface area contributed by atoms with Gasteiger partial charge in [-0.05, 0) is 37.3 Å². The Balaban J connectivity index is 1.56. The fourth-order valence-electron chi connectivity index (χ4n) is 2.45. The summed E-state index contributed by atoms with van der Waals surface area (Å²) in [4.78, 5) is 1.38. The molecule has 0 aliphatic rings. The number of tetrazole rings is 1. The molecule has 1 aromatic carbocycles. The molecule has 126 valence electrons. The van der Waals surface area contributed by atoms with E-state index in [2.05, 4.69) is 25.6 Å². The molecule has 0 spiro atoms. The van der Waals surface area contributed by atoms with E-state index in [1.165, 1.54) is 4.80 Å². The topological polar surface area (TPSA) is 95.7 Å². The number of hydrogen-bond acceptors (Lipinski definition) is 7. The largest absolute Gasteiger partial charge is 0.466 e. The van der Waals surface area contributed by atoms with Gasteiger partial charge < -0.3 is 8.83 Å². The van der Waals surface area contributed by atoms with Crippen molar-refractivity contribution < 1.29 is 8.83 Å². The van der Waals surface area contributed by atoms with Gasteiger partial charge in [0.25, 0.3) is 5.89 Å². The first-order valence-electron chi connectivity index (χ1n) is 7.52. The van der Waals surface area contributed by atoms with Gasteiger partial charge >= 0.3 is 0 Å². The maximum absolute atomic E-state index is 6.15. The number of rotatable bonds is 4. The molecule has 0 saturated carbocycles. The standard InChI is InChI=1S/C16H13ClN6O2/c1-9-7-12(10(2)24-9)16-20-18-14(25-16)8-23-21-15(19-22-23)11-5-3-4-6-13(11)17/h3-7H,8H2,1-2H3. The van der Waals surface area contributed by atoms with Crippen LogP contribution < -0.4 is 0 Å². The molecule has 0 amide bonds. The van der Waals surface area contributed by atoms with Crippen LogP contribution in [0.25, 0.3) is 22.8 Å². The van der Waals surface area contributed by atoms with Crippen molar-refractivity contribution >= 4 is 11.6 Å². The molecule has 9 heteroatoms. The minimum atomic E-state index is 0.209. The van der Waals surface area contributed by atoms with Crippen LogP contribution in [0.5, 0.6) is 0 Å². The molecule has 0 aliphatic heterocycles. The molecule has 25 heavy (non-hydrogen) atoms. The Kier molecular flexibility index (Phi) is 3.81. The monoisotopic (exact) mass is 356 g/mol. The number of furan rings is 1. The molecule has 8 nitrogen and oxygen atoms in total. The summed E-state index contributed by atoms with van der Waals surface area (Å²) in [5.41, 5.74) is 1.49. The molecule has 0 bridgehead atoms. The van der Waals surface area contributed by atoms with E-state index in [0.717, 1.165) is 17.1 Å². The zero-order valence-electron chi connectivity index (χ0n) is 13.5. The zero-order chi connectivity index (χ0) is 17.4. The zero-order valence-corrected chi connectivity index (χ0v) is 14.2. The van der Waals surface area contributed by atoms with Crippen molar-refractivity contribution in [2.24, 2.45) is 0 Å². The lowest BCUT2D eigenvalue weighted by Gasteiger charge is -1.96. The van der Waals surface area contributed by atoms with E-state index >= 15 is 0 Å². The SMILES string of the molecule is Cc1cc(-c2nnc(Cn3nnc(-c4ccccc4Cl)n3)o2)c(C)o1. The highest BCUT2D eigenvalue weighted by atomic mass is 35.5. The average Bonchev–Trinajstić information content (AvgIpc) is 3.29. The number of halogens is 1. The lowest BCUT2D eigenvalue weighted by molar-refractivity contribution is 0.445. The van der Waals surface area contributed by atoms with Crippen LogP contribution in [-0.4, -0.2) is 30.4 Å². The van der Waals surface area contributed by atoms with Crippen LogP contribution >= 0.6 is 11.6 Å². The van der Waals surface area contributed by atoms with E-state index in [1.807, 2.05) is 38.1 Å². The van der Waals surface area contributed by atoms with Crippen LogP contribution in [0.15, 0.2) is 39.2 Å². The minimum absolute atomic E-state index is 0.209. The van der Waals surface area contributed by atoms with Crippen molar-refractivity contribution in [3.63, 3.8) is 0 Å². The predicted octanol–water partition coefficient (Wildman–Crippen LogP) is 3.30. The van der Waals surface area contributed by atoms with E-state index in [4.69, 9.17) is 20.4 Å². The van der Waals surface area contributed by atoms with Crippen LogP contribution in [0.1, 0.15) is 17.4 Å². The van der Waals surface area contributed by atoms with Crippen LogP contribution in [0.4, 0.5) is 0 Å². The van der Waals surface area contributed by atoms with Crippen LogP contribution in [-0.2, 0) is 6.54 Å². The van der Waals surface area contributed by atoms with Gasteiger partial charge in [0.05, 0.1) is 10.6 Å². The van der Waals surface area contributed by atoms with Gasteiger partial charge in [-0.25, -0.2) is 0 Å². The van der Waals surface area contributed by atoms with Crippen LogP contribution in [0.2, 0.25) is 5.02 Å². The highest BCUT2D eigenvalue weighted by Crippen LogP contribution is 2.26. The van der Waals surface area contributed by atoms with Gasteiger partial charge in [0.2, 0.25) is 11.7 Å². The van der Waals surface area contributed by atoms with Gasteiger partial charge in [-0.1, -0.05) is 23.7 Å². The van der Waals surface area contributed by atoms with E-state index in [-0.39, 0.29) is 6.54 Å². The van der Waals surface area contributed by atoms with Crippen LogP contribution in [0, 0.1) is 13.8 Å². The van der Waals surface area contributed by atoms with Crippen molar-refractivity contribution in [3.05, 3.63) is 52.8 Å². The normalized spacial score (nSPS) is 11.2. The first kappa shape index (κ1) is 15.5. The Morgan fingerprint density at radius 2 is 1.88 bits per heavy atom. The second kappa shape index (κ2) is 6.14. The number of nitrogens with zero attached hydrogens (tertiary/aromatic N) is 6. The maximum atomic E-state index is 6.15. The lowest BCUT2D eigenvalue weighted by atomic mass is 10.2. The Hall–Kier alpha value is -3.00. The van der Waals surface area contributed by atoms with Crippen molar-refractivity contribution in [1.82, 2.24) is 30.4 Å². The van der Waals surface area contributed by atoms with Gasteiger partial charge in [0, 0.05) is 5.56 Å². The summed E-state index contributed by atoms with van der Waals surface area (Å²) in [5, 5.41) is 21.0. The summed E-state index contributed by atoms with van der Waals surface area (Å²) >= 11 is 6.15. The van der Waals surface area contributed by atoms with E-state index in [0.29, 0.717) is 28.2 Å². The Labute approximate surface area is 147 Å². The third kappa shape index (κ3) is 3.03. The molecule has 4 aromatic rings. The van der Waals surface area contributed by atoms with Gasteiger partial charge in [0.15, 0.2) is 0 Å². The number of benzene rings is 1. The summed E-state index contributed by atoms with van der Waals surface area (Å²) in [6.07, 6.45) is 0. The fraction of sp³-hybridized carbons (Fsp3) is 0.188. The highest BCUT2D eigenvalue weighted by Gasteiger charge is 2.16. The number of aromatic nitrogens is 6. The summed E-state index contributed by atoms with van der Waals surface area (Å²) < 4.78 is 11.1. The van der Waals surface area contributed by atoms with Gasteiger partial charge in [0.1, 0.15) is 18.1 Å². The Morgan fingerprint density at radius 1 is 1.04 bits per heavy atom. The molecular formula is C16H13ClN6O2.